The van der Waals surface area contributed by atoms with E-state index in [-0.39, 0.29) is 0 Å². The molecule has 0 aliphatic heterocycles. The van der Waals surface area contributed by atoms with Crippen molar-refractivity contribution in [3.05, 3.63) is 59.4 Å². The van der Waals surface area contributed by atoms with Gasteiger partial charge in [-0.05, 0) is 36.6 Å². The first-order valence-corrected chi connectivity index (χ1v) is 5.73. The first-order chi connectivity index (χ1) is 8.68. The molecular formula is C14H14N2O2. The van der Waals surface area contributed by atoms with Crippen molar-refractivity contribution >= 4 is 5.97 Å². The summed E-state index contributed by atoms with van der Waals surface area (Å²) in [4.78, 5) is 11.3. The van der Waals surface area contributed by atoms with Gasteiger partial charge in [0, 0.05) is 6.20 Å². The predicted molar refractivity (Wildman–Crippen MR) is 67.3 cm³/mol. The predicted octanol–water partition coefficient (Wildman–Crippen LogP) is 2.20. The van der Waals surface area contributed by atoms with Crippen LogP contribution in [-0.2, 0) is 11.2 Å². The summed E-state index contributed by atoms with van der Waals surface area (Å²) in [6.07, 6.45) is 1.97. The van der Waals surface area contributed by atoms with Crippen LogP contribution in [0.1, 0.15) is 22.7 Å². The SMILES string of the molecule is Cc1ccccc1CC(C(=O)O)c1cccnn1. The Morgan fingerprint density at radius 1 is 1.28 bits per heavy atom. The highest BCUT2D eigenvalue weighted by atomic mass is 16.4. The number of carbonyl (C=O) groups is 1. The minimum atomic E-state index is -0.876. The van der Waals surface area contributed by atoms with Crippen LogP contribution in [0.3, 0.4) is 0 Å². The molecule has 4 heteroatoms. The van der Waals surface area contributed by atoms with E-state index in [1.54, 1.807) is 12.1 Å². The minimum absolute atomic E-state index is 0.431. The van der Waals surface area contributed by atoms with Crippen molar-refractivity contribution in [2.75, 3.05) is 0 Å². The standard InChI is InChI=1S/C14H14N2O2/c1-10-5-2-3-6-11(10)9-12(14(17)18)13-7-4-8-15-16-13/h2-8,12H,9H2,1H3,(H,17,18). The van der Waals surface area contributed by atoms with Gasteiger partial charge in [0.1, 0.15) is 5.92 Å². The lowest BCUT2D eigenvalue weighted by Gasteiger charge is -2.12. The topological polar surface area (TPSA) is 63.1 Å². The van der Waals surface area contributed by atoms with Gasteiger partial charge in [-0.1, -0.05) is 24.3 Å². The average Bonchev–Trinajstić information content (AvgIpc) is 2.38. The van der Waals surface area contributed by atoms with E-state index in [9.17, 15) is 9.90 Å². The molecule has 0 aliphatic carbocycles. The molecule has 0 aliphatic rings. The summed E-state index contributed by atoms with van der Waals surface area (Å²) in [5.74, 6) is -1.53. The number of rotatable bonds is 4. The number of carboxylic acid groups (broad SMARTS) is 1. The number of benzene rings is 1. The summed E-state index contributed by atoms with van der Waals surface area (Å²) in [6.45, 7) is 1.98. The molecule has 1 N–H and O–H groups in total. The van der Waals surface area contributed by atoms with Crippen LogP contribution in [0.5, 0.6) is 0 Å². The molecule has 18 heavy (non-hydrogen) atoms. The van der Waals surface area contributed by atoms with Gasteiger partial charge in [0.05, 0.1) is 5.69 Å². The van der Waals surface area contributed by atoms with Crippen molar-refractivity contribution in [1.82, 2.24) is 10.2 Å². The zero-order valence-corrected chi connectivity index (χ0v) is 10.1. The third-order valence-electron chi connectivity index (χ3n) is 2.93. The molecule has 0 amide bonds. The molecule has 0 fully saturated rings. The van der Waals surface area contributed by atoms with E-state index in [0.29, 0.717) is 12.1 Å². The molecule has 1 atom stereocenters. The van der Waals surface area contributed by atoms with Gasteiger partial charge in [-0.2, -0.15) is 10.2 Å². The lowest BCUT2D eigenvalue weighted by molar-refractivity contribution is -0.138. The fourth-order valence-corrected chi connectivity index (χ4v) is 1.88. The third-order valence-corrected chi connectivity index (χ3v) is 2.93. The Labute approximate surface area is 105 Å². The summed E-state index contributed by atoms with van der Waals surface area (Å²) in [5.41, 5.74) is 2.61. The number of aromatic nitrogens is 2. The van der Waals surface area contributed by atoms with Gasteiger partial charge in [-0.3, -0.25) is 4.79 Å². The normalized spacial score (nSPS) is 12.1. The zero-order chi connectivity index (χ0) is 13.0. The van der Waals surface area contributed by atoms with Crippen LogP contribution < -0.4 is 0 Å². The minimum Gasteiger partial charge on any atom is -0.481 e. The molecule has 0 radical (unpaired) electrons. The molecule has 0 bridgehead atoms. The Bertz CT molecular complexity index is 541. The molecule has 0 spiro atoms. The highest BCUT2D eigenvalue weighted by molar-refractivity contribution is 5.75. The first-order valence-electron chi connectivity index (χ1n) is 5.73. The van der Waals surface area contributed by atoms with Crippen LogP contribution in [-0.4, -0.2) is 21.3 Å². The molecule has 1 aromatic carbocycles. The summed E-state index contributed by atoms with van der Waals surface area (Å²) >= 11 is 0. The quantitative estimate of drug-likeness (QED) is 0.892. The van der Waals surface area contributed by atoms with Crippen LogP contribution >= 0.6 is 0 Å². The summed E-state index contributed by atoms with van der Waals surface area (Å²) in [6, 6.07) is 11.2. The Kier molecular flexibility index (Phi) is 3.67. The lowest BCUT2D eigenvalue weighted by atomic mass is 9.93. The van der Waals surface area contributed by atoms with Crippen molar-refractivity contribution in [2.24, 2.45) is 0 Å². The van der Waals surface area contributed by atoms with E-state index in [0.717, 1.165) is 11.1 Å². The highest BCUT2D eigenvalue weighted by Crippen LogP contribution is 2.21. The smallest absolute Gasteiger partial charge is 0.313 e. The van der Waals surface area contributed by atoms with E-state index in [4.69, 9.17) is 0 Å². The third kappa shape index (κ3) is 2.71. The second-order valence-corrected chi connectivity index (χ2v) is 4.17. The molecular weight excluding hydrogens is 228 g/mol. The molecule has 0 saturated heterocycles. The Morgan fingerprint density at radius 3 is 2.67 bits per heavy atom. The summed E-state index contributed by atoms with van der Waals surface area (Å²) in [7, 11) is 0. The van der Waals surface area contributed by atoms with Gasteiger partial charge in [0.25, 0.3) is 0 Å². The molecule has 2 rings (SSSR count). The van der Waals surface area contributed by atoms with Crippen LogP contribution in [0.4, 0.5) is 0 Å². The number of hydrogen-bond donors (Lipinski definition) is 1. The fraction of sp³-hybridized carbons (Fsp3) is 0.214. The van der Waals surface area contributed by atoms with E-state index in [2.05, 4.69) is 10.2 Å². The van der Waals surface area contributed by atoms with E-state index >= 15 is 0 Å². The average molecular weight is 242 g/mol. The van der Waals surface area contributed by atoms with Crippen molar-refractivity contribution in [1.29, 1.82) is 0 Å². The van der Waals surface area contributed by atoms with Gasteiger partial charge in [-0.25, -0.2) is 0 Å². The second kappa shape index (κ2) is 5.40. The van der Waals surface area contributed by atoms with Crippen molar-refractivity contribution in [2.45, 2.75) is 19.3 Å². The van der Waals surface area contributed by atoms with E-state index in [1.165, 1.54) is 6.20 Å². The maximum atomic E-state index is 11.3. The van der Waals surface area contributed by atoms with Crippen LogP contribution in [0.2, 0.25) is 0 Å². The monoisotopic (exact) mass is 242 g/mol. The molecule has 2 aromatic rings. The second-order valence-electron chi connectivity index (χ2n) is 4.17. The number of carboxylic acids is 1. The Morgan fingerprint density at radius 2 is 2.06 bits per heavy atom. The van der Waals surface area contributed by atoms with Gasteiger partial charge in [0.2, 0.25) is 0 Å². The Hall–Kier alpha value is -2.23. The lowest BCUT2D eigenvalue weighted by Crippen LogP contribution is -2.16. The molecule has 92 valence electrons. The van der Waals surface area contributed by atoms with Gasteiger partial charge >= 0.3 is 5.97 Å². The maximum absolute atomic E-state index is 11.3. The van der Waals surface area contributed by atoms with Crippen LogP contribution in [0.25, 0.3) is 0 Å². The van der Waals surface area contributed by atoms with Crippen molar-refractivity contribution < 1.29 is 9.90 Å². The number of aliphatic carboxylic acids is 1. The Balaban J connectivity index is 2.28. The zero-order valence-electron chi connectivity index (χ0n) is 10.1. The maximum Gasteiger partial charge on any atom is 0.313 e. The molecule has 4 nitrogen and oxygen atoms in total. The molecule has 1 aromatic heterocycles. The number of nitrogens with zero attached hydrogens (tertiary/aromatic N) is 2. The fourth-order valence-electron chi connectivity index (χ4n) is 1.88. The van der Waals surface area contributed by atoms with Crippen molar-refractivity contribution in [3.8, 4) is 0 Å². The largest absolute Gasteiger partial charge is 0.481 e. The van der Waals surface area contributed by atoms with Crippen LogP contribution in [0.15, 0.2) is 42.6 Å². The van der Waals surface area contributed by atoms with Crippen molar-refractivity contribution in [3.63, 3.8) is 0 Å². The summed E-state index contributed by atoms with van der Waals surface area (Å²) < 4.78 is 0. The molecule has 0 saturated carbocycles. The van der Waals surface area contributed by atoms with E-state index in [1.807, 2.05) is 31.2 Å². The summed E-state index contributed by atoms with van der Waals surface area (Å²) in [5, 5.41) is 16.9. The van der Waals surface area contributed by atoms with Crippen LogP contribution in [0, 0.1) is 6.92 Å². The molecule has 1 unspecified atom stereocenters. The number of aryl methyl sites for hydroxylation is 1. The van der Waals surface area contributed by atoms with Gasteiger partial charge in [-0.15, -0.1) is 0 Å². The van der Waals surface area contributed by atoms with E-state index < -0.39 is 11.9 Å². The highest BCUT2D eigenvalue weighted by Gasteiger charge is 2.22. The number of hydrogen-bond acceptors (Lipinski definition) is 3. The van der Waals surface area contributed by atoms with Gasteiger partial charge in [0.15, 0.2) is 0 Å². The van der Waals surface area contributed by atoms with Gasteiger partial charge < -0.3 is 5.11 Å². The molecule has 1 heterocycles. The first kappa shape index (κ1) is 12.2.